The van der Waals surface area contributed by atoms with E-state index >= 15 is 0 Å². The Morgan fingerprint density at radius 2 is 1.97 bits per heavy atom. The minimum absolute atomic E-state index is 0.0373. The number of nitrogens with zero attached hydrogens (tertiary/aromatic N) is 2. The largest absolute Gasteiger partial charge is 0.484 e. The molecule has 1 saturated carbocycles. The molecule has 1 saturated heterocycles. The second kappa shape index (κ2) is 9.24. The number of ether oxygens (including phenoxy) is 1. The summed E-state index contributed by atoms with van der Waals surface area (Å²) in [7, 11) is -1.37. The molecule has 1 heterocycles. The van der Waals surface area contributed by atoms with Crippen molar-refractivity contribution in [2.75, 3.05) is 39.0 Å². The van der Waals surface area contributed by atoms with Gasteiger partial charge in [0, 0.05) is 32.7 Å². The SMILES string of the molecule is CN=C(NCCc1ccc(OCC(=O)NC2CC2)cc1)N1CCS(=O)(=O)C(C)(C)C1. The monoisotopic (exact) mass is 436 g/mol. The lowest BCUT2D eigenvalue weighted by molar-refractivity contribution is -0.123. The quantitative estimate of drug-likeness (QED) is 0.488. The first-order valence-corrected chi connectivity index (χ1v) is 12.0. The van der Waals surface area contributed by atoms with E-state index < -0.39 is 14.6 Å². The molecule has 0 atom stereocenters. The summed E-state index contributed by atoms with van der Waals surface area (Å²) in [4.78, 5) is 18.0. The van der Waals surface area contributed by atoms with E-state index in [1.807, 2.05) is 29.2 Å². The summed E-state index contributed by atoms with van der Waals surface area (Å²) in [5.74, 6) is 1.46. The van der Waals surface area contributed by atoms with Crippen molar-refractivity contribution in [2.45, 2.75) is 43.9 Å². The highest BCUT2D eigenvalue weighted by atomic mass is 32.2. The topological polar surface area (TPSA) is 100 Å². The first-order chi connectivity index (χ1) is 14.2. The Balaban J connectivity index is 1.43. The number of sulfone groups is 1. The molecule has 2 aliphatic rings. The van der Waals surface area contributed by atoms with Gasteiger partial charge in [-0.3, -0.25) is 9.79 Å². The van der Waals surface area contributed by atoms with E-state index in [4.69, 9.17) is 4.74 Å². The molecular formula is C21H32N4O4S. The molecule has 0 aromatic heterocycles. The molecule has 1 aliphatic heterocycles. The summed E-state index contributed by atoms with van der Waals surface area (Å²) in [6.45, 7) is 5.12. The molecule has 0 unspecified atom stereocenters. The molecule has 0 spiro atoms. The molecule has 1 aromatic carbocycles. The molecule has 0 radical (unpaired) electrons. The van der Waals surface area contributed by atoms with Crippen LogP contribution < -0.4 is 15.4 Å². The highest BCUT2D eigenvalue weighted by Gasteiger charge is 2.40. The fraction of sp³-hybridized carbons (Fsp3) is 0.619. The number of rotatable bonds is 7. The number of carbonyl (C=O) groups is 1. The molecule has 8 nitrogen and oxygen atoms in total. The summed E-state index contributed by atoms with van der Waals surface area (Å²) in [6, 6.07) is 8.04. The smallest absolute Gasteiger partial charge is 0.258 e. The molecule has 1 amide bonds. The van der Waals surface area contributed by atoms with Crippen molar-refractivity contribution in [3.63, 3.8) is 0 Å². The van der Waals surface area contributed by atoms with E-state index in [1.54, 1.807) is 20.9 Å². The Hall–Kier alpha value is -2.29. The lowest BCUT2D eigenvalue weighted by Crippen LogP contribution is -2.57. The molecular weight excluding hydrogens is 404 g/mol. The standard InChI is InChI=1S/C21H32N4O4S/c1-21(2)15-25(12-13-30(21,27)28)20(22-3)23-11-10-16-4-8-18(9-5-16)29-14-19(26)24-17-6-7-17/h4-5,8-9,17H,6-7,10-15H2,1-3H3,(H,22,23)(H,24,26). The van der Waals surface area contributed by atoms with Crippen LogP contribution in [0.2, 0.25) is 0 Å². The molecule has 30 heavy (non-hydrogen) atoms. The van der Waals surface area contributed by atoms with Gasteiger partial charge in [0.05, 0.1) is 10.5 Å². The number of amides is 1. The van der Waals surface area contributed by atoms with Gasteiger partial charge in [-0.1, -0.05) is 12.1 Å². The molecule has 1 aliphatic carbocycles. The minimum atomic E-state index is -3.08. The second-order valence-electron chi connectivity index (χ2n) is 8.50. The fourth-order valence-electron chi connectivity index (χ4n) is 3.37. The zero-order chi connectivity index (χ0) is 21.8. The molecule has 9 heteroatoms. The highest BCUT2D eigenvalue weighted by molar-refractivity contribution is 7.92. The zero-order valence-corrected chi connectivity index (χ0v) is 18.8. The van der Waals surface area contributed by atoms with E-state index in [1.165, 1.54) is 0 Å². The van der Waals surface area contributed by atoms with Crippen molar-refractivity contribution in [1.29, 1.82) is 0 Å². The number of hydrogen-bond acceptors (Lipinski definition) is 5. The maximum absolute atomic E-state index is 12.2. The van der Waals surface area contributed by atoms with E-state index in [-0.39, 0.29) is 18.3 Å². The molecule has 2 fully saturated rings. The predicted molar refractivity (Wildman–Crippen MR) is 118 cm³/mol. The van der Waals surface area contributed by atoms with E-state index in [9.17, 15) is 13.2 Å². The van der Waals surface area contributed by atoms with Crippen molar-refractivity contribution in [3.8, 4) is 5.75 Å². The third-order valence-corrected chi connectivity index (χ3v) is 8.02. The third-order valence-electron chi connectivity index (χ3n) is 5.49. The number of hydrogen-bond donors (Lipinski definition) is 2. The Labute approximate surface area is 179 Å². The summed E-state index contributed by atoms with van der Waals surface area (Å²) >= 11 is 0. The summed E-state index contributed by atoms with van der Waals surface area (Å²) < 4.78 is 29.1. The van der Waals surface area contributed by atoms with Crippen LogP contribution >= 0.6 is 0 Å². The van der Waals surface area contributed by atoms with Gasteiger partial charge in [-0.05, 0) is 50.8 Å². The van der Waals surface area contributed by atoms with Crippen molar-refractivity contribution < 1.29 is 17.9 Å². The zero-order valence-electron chi connectivity index (χ0n) is 18.0. The van der Waals surface area contributed by atoms with Crippen molar-refractivity contribution >= 4 is 21.7 Å². The average Bonchev–Trinajstić information content (AvgIpc) is 3.51. The van der Waals surface area contributed by atoms with Crippen LogP contribution in [-0.4, -0.2) is 75.0 Å². The minimum Gasteiger partial charge on any atom is -0.484 e. The van der Waals surface area contributed by atoms with Crippen molar-refractivity contribution in [1.82, 2.24) is 15.5 Å². The Bertz CT molecular complexity index is 877. The van der Waals surface area contributed by atoms with Crippen molar-refractivity contribution in [2.24, 2.45) is 4.99 Å². The number of carbonyl (C=O) groups excluding carboxylic acids is 1. The maximum atomic E-state index is 12.2. The van der Waals surface area contributed by atoms with Gasteiger partial charge in [0.2, 0.25) is 0 Å². The lowest BCUT2D eigenvalue weighted by atomic mass is 10.1. The van der Waals surface area contributed by atoms with Crippen LogP contribution in [0.5, 0.6) is 5.75 Å². The van der Waals surface area contributed by atoms with Crippen LogP contribution in [0, 0.1) is 0 Å². The number of guanidine groups is 1. The second-order valence-corrected chi connectivity index (χ2v) is 11.2. The highest BCUT2D eigenvalue weighted by Crippen LogP contribution is 2.23. The summed E-state index contributed by atoms with van der Waals surface area (Å²) in [6.07, 6.45) is 2.91. The van der Waals surface area contributed by atoms with Crippen LogP contribution in [0.25, 0.3) is 0 Å². The van der Waals surface area contributed by atoms with Crippen LogP contribution in [-0.2, 0) is 21.1 Å². The van der Waals surface area contributed by atoms with Gasteiger partial charge in [-0.15, -0.1) is 0 Å². The Morgan fingerprint density at radius 3 is 2.57 bits per heavy atom. The fourth-order valence-corrected chi connectivity index (χ4v) is 4.74. The van der Waals surface area contributed by atoms with Gasteiger partial charge in [0.15, 0.2) is 22.4 Å². The van der Waals surface area contributed by atoms with Crippen LogP contribution in [0.15, 0.2) is 29.3 Å². The molecule has 2 N–H and O–H groups in total. The lowest BCUT2D eigenvalue weighted by Gasteiger charge is -2.39. The first kappa shape index (κ1) is 22.4. The van der Waals surface area contributed by atoms with E-state index in [0.29, 0.717) is 31.4 Å². The molecule has 1 aromatic rings. The average molecular weight is 437 g/mol. The van der Waals surface area contributed by atoms with Gasteiger partial charge >= 0.3 is 0 Å². The normalized spacial score (nSPS) is 20.5. The Kier molecular flexibility index (Phi) is 6.90. The Morgan fingerprint density at radius 1 is 1.27 bits per heavy atom. The number of benzene rings is 1. The predicted octanol–water partition coefficient (Wildman–Crippen LogP) is 0.971. The molecule has 0 bridgehead atoms. The maximum Gasteiger partial charge on any atom is 0.258 e. The third kappa shape index (κ3) is 5.87. The summed E-state index contributed by atoms with van der Waals surface area (Å²) in [5, 5.41) is 6.22. The van der Waals surface area contributed by atoms with Gasteiger partial charge in [-0.25, -0.2) is 8.42 Å². The number of aliphatic imine (C=N–C) groups is 1. The van der Waals surface area contributed by atoms with E-state index in [0.717, 1.165) is 30.8 Å². The molecule has 3 rings (SSSR count). The number of nitrogens with one attached hydrogen (secondary N) is 2. The first-order valence-electron chi connectivity index (χ1n) is 10.4. The van der Waals surface area contributed by atoms with Gasteiger partial charge < -0.3 is 20.3 Å². The molecule has 166 valence electrons. The van der Waals surface area contributed by atoms with Crippen LogP contribution in [0.3, 0.4) is 0 Å². The van der Waals surface area contributed by atoms with Crippen molar-refractivity contribution in [3.05, 3.63) is 29.8 Å². The van der Waals surface area contributed by atoms with Gasteiger partial charge in [0.25, 0.3) is 5.91 Å². The van der Waals surface area contributed by atoms with E-state index in [2.05, 4.69) is 15.6 Å². The van der Waals surface area contributed by atoms with Crippen LogP contribution in [0.4, 0.5) is 0 Å². The summed E-state index contributed by atoms with van der Waals surface area (Å²) in [5.41, 5.74) is 1.13. The van der Waals surface area contributed by atoms with Crippen LogP contribution in [0.1, 0.15) is 32.3 Å². The van der Waals surface area contributed by atoms with Gasteiger partial charge in [0.1, 0.15) is 5.75 Å². The van der Waals surface area contributed by atoms with Gasteiger partial charge in [-0.2, -0.15) is 0 Å².